The lowest BCUT2D eigenvalue weighted by Gasteiger charge is -1.91. The van der Waals surface area contributed by atoms with Gasteiger partial charge in [0.25, 0.3) is 0 Å². The molecule has 1 aromatic carbocycles. The number of allylic oxidation sites excluding steroid dienone is 7. The first-order valence-corrected chi connectivity index (χ1v) is 6.91. The smallest absolute Gasteiger partial charge is 0.0110 e. The third-order valence-corrected chi connectivity index (χ3v) is 3.06. The molecule has 1 heteroatoms. The van der Waals surface area contributed by atoms with Gasteiger partial charge in [-0.25, -0.2) is 0 Å². The minimum Gasteiger partial charge on any atom is -0.0990 e. The van der Waals surface area contributed by atoms with Crippen LogP contribution in [0.4, 0.5) is 0 Å². The van der Waals surface area contributed by atoms with Crippen LogP contribution in [0.2, 0.25) is 0 Å². The van der Waals surface area contributed by atoms with Crippen LogP contribution in [0.15, 0.2) is 96.3 Å². The highest BCUT2D eigenvalue weighted by atomic mass is 32.2. The van der Waals surface area contributed by atoms with Gasteiger partial charge in [0.05, 0.1) is 0 Å². The van der Waals surface area contributed by atoms with Crippen molar-refractivity contribution in [1.82, 2.24) is 0 Å². The van der Waals surface area contributed by atoms with Crippen molar-refractivity contribution in [3.63, 3.8) is 0 Å². The van der Waals surface area contributed by atoms with Crippen LogP contribution >= 0.6 is 11.8 Å². The van der Waals surface area contributed by atoms with E-state index in [-0.39, 0.29) is 0 Å². The lowest BCUT2D eigenvalue weighted by atomic mass is 10.2. The molecule has 0 aliphatic carbocycles. The van der Waals surface area contributed by atoms with Crippen molar-refractivity contribution in [3.05, 3.63) is 102 Å². The molecular weight excluding hydrogens is 248 g/mol. The second-order valence-corrected chi connectivity index (χ2v) is 4.59. The quantitative estimate of drug-likeness (QED) is 0.565. The molecular formula is C18H18S. The number of hydrogen-bond donors (Lipinski definition) is 0. The van der Waals surface area contributed by atoms with Gasteiger partial charge in [0, 0.05) is 4.91 Å². The first-order valence-electron chi connectivity index (χ1n) is 6.03. The van der Waals surface area contributed by atoms with Crippen molar-refractivity contribution in [2.45, 2.75) is 0 Å². The molecule has 0 heterocycles. The van der Waals surface area contributed by atoms with Gasteiger partial charge in [0.1, 0.15) is 0 Å². The van der Waals surface area contributed by atoms with Gasteiger partial charge in [0.2, 0.25) is 0 Å². The van der Waals surface area contributed by atoms with Crippen LogP contribution in [0, 0.1) is 0 Å². The van der Waals surface area contributed by atoms with E-state index in [2.05, 4.69) is 31.4 Å². The van der Waals surface area contributed by atoms with Gasteiger partial charge in [0.15, 0.2) is 0 Å². The Morgan fingerprint density at radius 2 is 1.68 bits per heavy atom. The largest absolute Gasteiger partial charge is 0.0990 e. The van der Waals surface area contributed by atoms with E-state index in [1.54, 1.807) is 17.8 Å². The third kappa shape index (κ3) is 7.12. The molecule has 96 valence electrons. The van der Waals surface area contributed by atoms with E-state index >= 15 is 0 Å². The van der Waals surface area contributed by atoms with Crippen molar-refractivity contribution >= 4 is 17.8 Å². The van der Waals surface area contributed by atoms with Crippen molar-refractivity contribution in [2.75, 3.05) is 0 Å². The monoisotopic (exact) mass is 266 g/mol. The standard InChI is InChI=1S/C18H18S/c1-3-12-18(4-2)19-16-11-6-5-8-13-17-14-9-7-10-15-17/h3-16H,1-2H2/b6-5-,13-8-,16-11+,18-12+. The molecule has 0 atom stereocenters. The molecule has 1 aromatic rings. The van der Waals surface area contributed by atoms with E-state index < -0.39 is 0 Å². The molecule has 0 saturated heterocycles. The zero-order valence-electron chi connectivity index (χ0n) is 10.9. The van der Waals surface area contributed by atoms with Gasteiger partial charge in [-0.15, -0.1) is 0 Å². The highest BCUT2D eigenvalue weighted by Crippen LogP contribution is 2.17. The van der Waals surface area contributed by atoms with Crippen LogP contribution in [0.1, 0.15) is 5.56 Å². The summed E-state index contributed by atoms with van der Waals surface area (Å²) in [6.07, 6.45) is 15.6. The van der Waals surface area contributed by atoms with Gasteiger partial charge in [-0.3, -0.25) is 0 Å². The van der Waals surface area contributed by atoms with Crippen molar-refractivity contribution in [3.8, 4) is 0 Å². The molecule has 0 nitrogen and oxygen atoms in total. The predicted molar refractivity (Wildman–Crippen MR) is 89.8 cm³/mol. The number of hydrogen-bond acceptors (Lipinski definition) is 1. The minimum atomic E-state index is 1.08. The zero-order valence-corrected chi connectivity index (χ0v) is 11.7. The first kappa shape index (κ1) is 15.1. The van der Waals surface area contributed by atoms with Crippen molar-refractivity contribution in [2.24, 2.45) is 0 Å². The van der Waals surface area contributed by atoms with E-state index in [0.29, 0.717) is 0 Å². The molecule has 0 amide bonds. The highest BCUT2D eigenvalue weighted by Gasteiger charge is 1.84. The predicted octanol–water partition coefficient (Wildman–Crippen LogP) is 5.76. The maximum atomic E-state index is 3.74. The molecule has 0 spiro atoms. The lowest BCUT2D eigenvalue weighted by Crippen LogP contribution is -1.66. The van der Waals surface area contributed by atoms with E-state index in [0.717, 1.165) is 4.91 Å². The number of rotatable bonds is 7. The molecule has 19 heavy (non-hydrogen) atoms. The summed E-state index contributed by atoms with van der Waals surface area (Å²) in [5.74, 6) is 0. The number of benzene rings is 1. The summed E-state index contributed by atoms with van der Waals surface area (Å²) in [5, 5.41) is 2.02. The Labute approximate surface area is 120 Å². The third-order valence-electron chi connectivity index (χ3n) is 2.19. The molecule has 0 unspecified atom stereocenters. The second kappa shape index (κ2) is 9.98. The lowest BCUT2D eigenvalue weighted by molar-refractivity contribution is 1.66. The van der Waals surface area contributed by atoms with Crippen LogP contribution < -0.4 is 0 Å². The summed E-state index contributed by atoms with van der Waals surface area (Å²) in [4.78, 5) is 1.08. The fourth-order valence-corrected chi connectivity index (χ4v) is 1.89. The molecule has 0 aliphatic heterocycles. The Morgan fingerprint density at radius 3 is 2.37 bits per heavy atom. The van der Waals surface area contributed by atoms with Crippen molar-refractivity contribution in [1.29, 1.82) is 0 Å². The molecule has 0 radical (unpaired) electrons. The van der Waals surface area contributed by atoms with Gasteiger partial charge in [-0.05, 0) is 17.0 Å². The van der Waals surface area contributed by atoms with Gasteiger partial charge in [-0.1, -0.05) is 97.8 Å². The fraction of sp³-hybridized carbons (Fsp3) is 0. The van der Waals surface area contributed by atoms with E-state index in [4.69, 9.17) is 0 Å². The molecule has 0 N–H and O–H groups in total. The van der Waals surface area contributed by atoms with Crippen LogP contribution in [0.3, 0.4) is 0 Å². The summed E-state index contributed by atoms with van der Waals surface area (Å²) in [6, 6.07) is 10.2. The maximum Gasteiger partial charge on any atom is 0.0110 e. The summed E-state index contributed by atoms with van der Waals surface area (Å²) >= 11 is 1.62. The van der Waals surface area contributed by atoms with Gasteiger partial charge < -0.3 is 0 Å². The SMILES string of the molecule is C=C/C=C(\C=C)S/C=C/C=C\C=C/c1ccccc1. The van der Waals surface area contributed by atoms with Crippen LogP contribution in [-0.2, 0) is 0 Å². The molecule has 0 aromatic heterocycles. The molecule has 0 aliphatic rings. The normalized spacial score (nSPS) is 12.5. The molecule has 0 bridgehead atoms. The average Bonchev–Trinajstić information content (AvgIpc) is 2.46. The maximum absolute atomic E-state index is 3.74. The second-order valence-electron chi connectivity index (χ2n) is 3.61. The average molecular weight is 266 g/mol. The fourth-order valence-electron chi connectivity index (χ4n) is 1.29. The van der Waals surface area contributed by atoms with E-state index in [9.17, 15) is 0 Å². The summed E-state index contributed by atoms with van der Waals surface area (Å²) in [5.41, 5.74) is 1.20. The topological polar surface area (TPSA) is 0 Å². The van der Waals surface area contributed by atoms with E-state index in [1.165, 1.54) is 5.56 Å². The van der Waals surface area contributed by atoms with Gasteiger partial charge >= 0.3 is 0 Å². The number of thioether (sulfide) groups is 1. The highest BCUT2D eigenvalue weighted by molar-refractivity contribution is 8.06. The van der Waals surface area contributed by atoms with Gasteiger partial charge in [-0.2, -0.15) is 0 Å². The first-order chi connectivity index (χ1) is 9.36. The Balaban J connectivity index is 2.38. The Morgan fingerprint density at radius 1 is 0.947 bits per heavy atom. The molecule has 0 fully saturated rings. The molecule has 0 saturated carbocycles. The summed E-state index contributed by atoms with van der Waals surface area (Å²) in [7, 11) is 0. The summed E-state index contributed by atoms with van der Waals surface area (Å²) < 4.78 is 0. The minimum absolute atomic E-state index is 1.08. The van der Waals surface area contributed by atoms with E-state index in [1.807, 2.05) is 60.1 Å². The van der Waals surface area contributed by atoms with Crippen LogP contribution in [0.25, 0.3) is 6.08 Å². The Hall–Kier alpha value is -1.99. The zero-order chi connectivity index (χ0) is 13.8. The molecule has 1 rings (SSSR count). The van der Waals surface area contributed by atoms with Crippen LogP contribution in [0.5, 0.6) is 0 Å². The van der Waals surface area contributed by atoms with Crippen molar-refractivity contribution < 1.29 is 0 Å². The van der Waals surface area contributed by atoms with Crippen LogP contribution in [-0.4, -0.2) is 0 Å². The Bertz CT molecular complexity index is 502. The summed E-state index contributed by atoms with van der Waals surface area (Å²) in [6.45, 7) is 7.40. The Kier molecular flexibility index (Phi) is 7.92.